The average Bonchev–Trinajstić information content (AvgIpc) is 2.42. The Labute approximate surface area is 125 Å². The maximum absolute atomic E-state index is 11.9. The second-order valence-electron chi connectivity index (χ2n) is 6.45. The van der Waals surface area contributed by atoms with E-state index in [1.54, 1.807) is 20.8 Å². The van der Waals surface area contributed by atoms with E-state index in [0.29, 0.717) is 0 Å². The number of fused-ring (bicyclic) bond motifs is 1. The minimum Gasteiger partial charge on any atom is -0.444 e. The van der Waals surface area contributed by atoms with Crippen LogP contribution in [0, 0.1) is 0 Å². The lowest BCUT2D eigenvalue weighted by Crippen LogP contribution is -2.36. The third-order valence-electron chi connectivity index (χ3n) is 3.58. The van der Waals surface area contributed by atoms with Crippen LogP contribution >= 0.6 is 0 Å². The molecule has 0 aromatic heterocycles. The molecule has 0 saturated heterocycles. The molecule has 0 fully saturated rings. The van der Waals surface area contributed by atoms with Crippen LogP contribution in [0.25, 0.3) is 0 Å². The fraction of sp³-hybridized carbons (Fsp3) is 0.529. The predicted octanol–water partition coefficient (Wildman–Crippen LogP) is 3.33. The number of alkyl carbamates (subject to hydrolysis) is 1. The molecule has 1 unspecified atom stereocenters. The normalized spacial score (nSPS) is 15.8. The molecule has 0 heterocycles. The fourth-order valence-electron chi connectivity index (χ4n) is 2.72. The minimum atomic E-state index is -0.645. The van der Waals surface area contributed by atoms with E-state index >= 15 is 0 Å². The molecule has 4 nitrogen and oxygen atoms in total. The molecule has 0 aliphatic heterocycles. The second-order valence-corrected chi connectivity index (χ2v) is 6.45. The van der Waals surface area contributed by atoms with E-state index in [4.69, 9.17) is 4.74 Å². The van der Waals surface area contributed by atoms with Gasteiger partial charge < -0.3 is 14.8 Å². The number of aldehydes is 1. The molecule has 4 heteroatoms. The van der Waals surface area contributed by atoms with Crippen molar-refractivity contribution in [1.82, 2.24) is 5.32 Å². The second kappa shape index (κ2) is 6.29. The monoisotopic (exact) mass is 289 g/mol. The van der Waals surface area contributed by atoms with E-state index < -0.39 is 17.7 Å². The first-order chi connectivity index (χ1) is 9.90. The zero-order chi connectivity index (χ0) is 15.5. The Balaban J connectivity index is 2.18. The van der Waals surface area contributed by atoms with Gasteiger partial charge in [0.05, 0.1) is 0 Å². The van der Waals surface area contributed by atoms with E-state index in [-0.39, 0.29) is 0 Å². The Bertz CT molecular complexity index is 531. The number of hydrogen-bond acceptors (Lipinski definition) is 3. The van der Waals surface area contributed by atoms with Gasteiger partial charge in [0.2, 0.25) is 0 Å². The van der Waals surface area contributed by atoms with E-state index in [2.05, 4.69) is 11.4 Å². The van der Waals surface area contributed by atoms with Gasteiger partial charge in [-0.2, -0.15) is 0 Å². The molecule has 0 radical (unpaired) electrons. The van der Waals surface area contributed by atoms with E-state index in [9.17, 15) is 9.59 Å². The minimum absolute atomic E-state index is 0.562. The molecule has 114 valence electrons. The van der Waals surface area contributed by atoms with Crippen LogP contribution in [0.3, 0.4) is 0 Å². The summed E-state index contributed by atoms with van der Waals surface area (Å²) in [7, 11) is 0. The van der Waals surface area contributed by atoms with Crippen LogP contribution in [0.2, 0.25) is 0 Å². The highest BCUT2D eigenvalue weighted by molar-refractivity contribution is 5.75. The highest BCUT2D eigenvalue weighted by Crippen LogP contribution is 2.27. The van der Waals surface area contributed by atoms with Gasteiger partial charge in [0.15, 0.2) is 0 Å². The molecule has 1 aliphatic carbocycles. The van der Waals surface area contributed by atoms with Crippen LogP contribution < -0.4 is 5.32 Å². The Kier molecular flexibility index (Phi) is 4.66. The Morgan fingerprint density at radius 1 is 1.29 bits per heavy atom. The third kappa shape index (κ3) is 4.06. The van der Waals surface area contributed by atoms with Gasteiger partial charge >= 0.3 is 6.09 Å². The Morgan fingerprint density at radius 2 is 2.00 bits per heavy atom. The lowest BCUT2D eigenvalue weighted by molar-refractivity contribution is -0.109. The summed E-state index contributed by atoms with van der Waals surface area (Å²) in [5, 5.41) is 2.66. The molecular formula is C17H23NO3. The predicted molar refractivity (Wildman–Crippen MR) is 81.3 cm³/mol. The molecule has 1 aromatic rings. The molecular weight excluding hydrogens is 266 g/mol. The molecule has 2 rings (SSSR count). The number of ether oxygens (including phenoxy) is 1. The zero-order valence-electron chi connectivity index (χ0n) is 12.9. The molecule has 1 atom stereocenters. The van der Waals surface area contributed by atoms with Crippen LogP contribution in [0.15, 0.2) is 18.2 Å². The lowest BCUT2D eigenvalue weighted by atomic mass is 9.86. The van der Waals surface area contributed by atoms with Gasteiger partial charge in [-0.3, -0.25) is 0 Å². The molecule has 0 bridgehead atoms. The Morgan fingerprint density at radius 3 is 2.67 bits per heavy atom. The van der Waals surface area contributed by atoms with Gasteiger partial charge in [0, 0.05) is 0 Å². The van der Waals surface area contributed by atoms with Crippen LogP contribution in [0.4, 0.5) is 4.79 Å². The first-order valence-corrected chi connectivity index (χ1v) is 7.46. The van der Waals surface area contributed by atoms with Crippen molar-refractivity contribution in [3.8, 4) is 0 Å². The van der Waals surface area contributed by atoms with Gasteiger partial charge in [-0.1, -0.05) is 18.2 Å². The number of carbonyl (C=O) groups excluding carboxylic acids is 2. The SMILES string of the molecule is CC(C)(C)OC(=O)NC(C=O)c1cccc2c1CCCC2. The van der Waals surface area contributed by atoms with Crippen molar-refractivity contribution in [2.45, 2.75) is 58.1 Å². The van der Waals surface area contributed by atoms with Gasteiger partial charge in [-0.05, 0) is 63.1 Å². The lowest BCUT2D eigenvalue weighted by Gasteiger charge is -2.24. The van der Waals surface area contributed by atoms with E-state index in [1.807, 2.05) is 12.1 Å². The summed E-state index contributed by atoms with van der Waals surface area (Å²) >= 11 is 0. The average molecular weight is 289 g/mol. The highest BCUT2D eigenvalue weighted by Gasteiger charge is 2.23. The summed E-state index contributed by atoms with van der Waals surface area (Å²) in [5.41, 5.74) is 2.81. The third-order valence-corrected chi connectivity index (χ3v) is 3.58. The van der Waals surface area contributed by atoms with Crippen molar-refractivity contribution >= 4 is 12.4 Å². The number of benzene rings is 1. The number of nitrogens with one attached hydrogen (secondary N) is 1. The summed E-state index contributed by atoms with van der Waals surface area (Å²) in [6, 6.07) is 5.33. The smallest absolute Gasteiger partial charge is 0.408 e. The standard InChI is InChI=1S/C17H23NO3/c1-17(2,3)21-16(20)18-15(11-19)14-10-6-8-12-7-4-5-9-13(12)14/h6,8,10-11,15H,4-5,7,9H2,1-3H3,(H,18,20). The van der Waals surface area contributed by atoms with Crippen LogP contribution in [-0.4, -0.2) is 18.0 Å². The summed E-state index contributed by atoms with van der Waals surface area (Å²) in [6.45, 7) is 5.40. The summed E-state index contributed by atoms with van der Waals surface area (Å²) in [6.07, 6.45) is 4.53. The first-order valence-electron chi connectivity index (χ1n) is 7.46. The Hall–Kier alpha value is -1.84. The number of amides is 1. The summed E-state index contributed by atoms with van der Waals surface area (Å²) in [4.78, 5) is 23.3. The molecule has 1 aliphatic rings. The van der Waals surface area contributed by atoms with Crippen molar-refractivity contribution in [2.24, 2.45) is 0 Å². The van der Waals surface area contributed by atoms with Crippen LogP contribution in [-0.2, 0) is 22.4 Å². The fourth-order valence-corrected chi connectivity index (χ4v) is 2.72. The molecule has 0 saturated carbocycles. The number of rotatable bonds is 3. The molecule has 21 heavy (non-hydrogen) atoms. The van der Waals surface area contributed by atoms with Crippen LogP contribution in [0.5, 0.6) is 0 Å². The molecule has 1 N–H and O–H groups in total. The first kappa shape index (κ1) is 15.5. The number of hydrogen-bond donors (Lipinski definition) is 1. The zero-order valence-corrected chi connectivity index (χ0v) is 12.9. The maximum atomic E-state index is 11.9. The van der Waals surface area contributed by atoms with Crippen molar-refractivity contribution in [1.29, 1.82) is 0 Å². The molecule has 1 amide bonds. The summed E-state index contributed by atoms with van der Waals surface area (Å²) in [5.74, 6) is 0. The van der Waals surface area contributed by atoms with Gasteiger partial charge in [-0.25, -0.2) is 4.79 Å². The largest absolute Gasteiger partial charge is 0.444 e. The van der Waals surface area contributed by atoms with Gasteiger partial charge in [0.1, 0.15) is 17.9 Å². The van der Waals surface area contributed by atoms with Crippen molar-refractivity contribution < 1.29 is 14.3 Å². The molecule has 0 spiro atoms. The van der Waals surface area contributed by atoms with Crippen molar-refractivity contribution in [3.63, 3.8) is 0 Å². The topological polar surface area (TPSA) is 55.4 Å². The highest BCUT2D eigenvalue weighted by atomic mass is 16.6. The van der Waals surface area contributed by atoms with Crippen molar-refractivity contribution in [3.05, 3.63) is 34.9 Å². The van der Waals surface area contributed by atoms with E-state index in [0.717, 1.165) is 31.1 Å². The van der Waals surface area contributed by atoms with E-state index in [1.165, 1.54) is 17.5 Å². The number of aryl methyl sites for hydroxylation is 1. The number of carbonyl (C=O) groups is 2. The van der Waals surface area contributed by atoms with Crippen molar-refractivity contribution in [2.75, 3.05) is 0 Å². The quantitative estimate of drug-likeness (QED) is 0.868. The summed E-state index contributed by atoms with van der Waals surface area (Å²) < 4.78 is 5.23. The molecule has 1 aromatic carbocycles. The van der Waals surface area contributed by atoms with Gasteiger partial charge in [0.25, 0.3) is 0 Å². The maximum Gasteiger partial charge on any atom is 0.408 e. The van der Waals surface area contributed by atoms with Crippen LogP contribution in [0.1, 0.15) is 56.3 Å². The van der Waals surface area contributed by atoms with Gasteiger partial charge in [-0.15, -0.1) is 0 Å².